The Labute approximate surface area is 371 Å². The van der Waals surface area contributed by atoms with Gasteiger partial charge in [0.05, 0.1) is 60.9 Å². The third-order valence-electron chi connectivity index (χ3n) is 14.4. The summed E-state index contributed by atoms with van der Waals surface area (Å²) >= 11 is 0. The number of amides is 1. The minimum absolute atomic E-state index is 0.0558. The molecule has 6 unspecified atom stereocenters. The minimum atomic E-state index is -0.660. The van der Waals surface area contributed by atoms with E-state index in [9.17, 15) is 5.11 Å². The molecule has 5 aliphatic rings. The number of carbonyl (C=O) groups is 1. The zero-order chi connectivity index (χ0) is 43.6. The Hall–Kier alpha value is -5.07. The van der Waals surface area contributed by atoms with E-state index < -0.39 is 6.29 Å². The molecule has 11 nitrogen and oxygen atoms in total. The van der Waals surface area contributed by atoms with Crippen LogP contribution in [0.1, 0.15) is 89.6 Å². The number of aliphatic hydroxyl groups excluding tert-OH is 1. The number of allylic oxidation sites excluding steroid dienone is 1. The molecule has 4 aromatic carbocycles. The Kier molecular flexibility index (Phi) is 13.0. The maximum Gasteiger partial charge on any atom is 0.289 e. The third kappa shape index (κ3) is 8.41. The molecule has 1 aliphatic carbocycles. The Morgan fingerprint density at radius 1 is 0.746 bits per heavy atom. The van der Waals surface area contributed by atoms with Crippen LogP contribution in [0.2, 0.25) is 0 Å². The number of hydrogen-bond acceptors (Lipinski definition) is 10. The summed E-state index contributed by atoms with van der Waals surface area (Å²) in [5.41, 5.74) is 11.2. The highest BCUT2D eigenvalue weighted by Gasteiger charge is 2.44. The summed E-state index contributed by atoms with van der Waals surface area (Å²) in [4.78, 5) is 20.2. The number of rotatable bonds is 15. The lowest BCUT2D eigenvalue weighted by molar-refractivity contribution is -0.158. The zero-order valence-corrected chi connectivity index (χ0v) is 37.4. The molecule has 11 heteroatoms. The van der Waals surface area contributed by atoms with Crippen LogP contribution in [0.15, 0.2) is 78.6 Å². The maximum atomic E-state index is 15.5. The third-order valence-corrected chi connectivity index (χ3v) is 14.4. The predicted octanol–water partition coefficient (Wildman–Crippen LogP) is 8.19. The van der Waals surface area contributed by atoms with Crippen molar-refractivity contribution in [1.29, 1.82) is 0 Å². The first kappa shape index (κ1) is 43.2. The average molecular weight is 859 g/mol. The largest absolute Gasteiger partial charge is 0.493 e. The van der Waals surface area contributed by atoms with Crippen molar-refractivity contribution in [2.45, 2.75) is 76.2 Å². The quantitative estimate of drug-likeness (QED) is 0.104. The van der Waals surface area contributed by atoms with Gasteiger partial charge in [0.15, 0.2) is 28.8 Å². The Bertz CT molecular complexity index is 2330. The van der Waals surface area contributed by atoms with Crippen molar-refractivity contribution in [2.75, 3.05) is 74.5 Å². The second kappa shape index (κ2) is 19.0. The topological polar surface area (TPSA) is 108 Å². The Morgan fingerprint density at radius 2 is 1.44 bits per heavy atom. The van der Waals surface area contributed by atoms with Gasteiger partial charge in [0.25, 0.3) is 5.91 Å². The molecule has 1 fully saturated rings. The monoisotopic (exact) mass is 858 g/mol. The van der Waals surface area contributed by atoms with E-state index in [4.69, 9.17) is 33.2 Å². The summed E-state index contributed by atoms with van der Waals surface area (Å²) in [6.07, 6.45) is 7.26. The van der Waals surface area contributed by atoms with E-state index in [-0.39, 0.29) is 43.7 Å². The number of piperidine rings is 1. The highest BCUT2D eigenvalue weighted by molar-refractivity contribution is 5.92. The van der Waals surface area contributed by atoms with E-state index >= 15 is 4.79 Å². The summed E-state index contributed by atoms with van der Waals surface area (Å²) < 4.78 is 41.7. The molecule has 0 bridgehead atoms. The van der Waals surface area contributed by atoms with Gasteiger partial charge in [-0.2, -0.15) is 0 Å². The summed E-state index contributed by atoms with van der Waals surface area (Å²) in [7, 11) is 6.75. The highest BCUT2D eigenvalue weighted by atomic mass is 16.7. The van der Waals surface area contributed by atoms with Crippen LogP contribution in [0.5, 0.6) is 23.0 Å². The number of hydrogen-bond donors (Lipinski definition) is 1. The number of ether oxygens (including phenoxy) is 7. The summed E-state index contributed by atoms with van der Waals surface area (Å²) in [5, 5.41) is 9.27. The lowest BCUT2D eigenvalue weighted by Gasteiger charge is -2.49. The van der Waals surface area contributed by atoms with Gasteiger partial charge in [0.1, 0.15) is 0 Å². The van der Waals surface area contributed by atoms with E-state index in [1.807, 2.05) is 0 Å². The fraction of sp³-hybridized carbons (Fsp3) is 0.481. The van der Waals surface area contributed by atoms with Gasteiger partial charge < -0.3 is 43.2 Å². The zero-order valence-electron chi connectivity index (χ0n) is 37.4. The molecule has 0 radical (unpaired) electrons. The van der Waals surface area contributed by atoms with Crippen LogP contribution < -0.4 is 18.9 Å². The van der Waals surface area contributed by atoms with E-state index in [1.165, 1.54) is 44.5 Å². The molecule has 4 heterocycles. The lowest BCUT2D eigenvalue weighted by atomic mass is 9.72. The van der Waals surface area contributed by atoms with Crippen LogP contribution in [0.4, 0.5) is 0 Å². The molecule has 1 N–H and O–H groups in total. The molecule has 1 saturated heterocycles. The molecule has 9 rings (SSSR count). The van der Waals surface area contributed by atoms with Crippen LogP contribution in [-0.4, -0.2) is 102 Å². The summed E-state index contributed by atoms with van der Waals surface area (Å²) in [6.45, 7) is 5.62. The second-order valence-electron chi connectivity index (χ2n) is 17.6. The first-order valence-electron chi connectivity index (χ1n) is 22.8. The normalized spacial score (nSPS) is 23.6. The molecule has 0 aromatic heterocycles. The number of methoxy groups -OCH3 is 4. The number of fused-ring (bicyclic) bond motifs is 7. The lowest BCUT2D eigenvalue weighted by Crippen LogP contribution is -2.48. The van der Waals surface area contributed by atoms with Crippen LogP contribution in [0.25, 0.3) is 11.1 Å². The van der Waals surface area contributed by atoms with Gasteiger partial charge in [-0.1, -0.05) is 55.8 Å². The van der Waals surface area contributed by atoms with Gasteiger partial charge in [-0.25, -0.2) is 0 Å². The van der Waals surface area contributed by atoms with Gasteiger partial charge in [-0.05, 0) is 124 Å². The fourth-order valence-electron chi connectivity index (χ4n) is 11.3. The van der Waals surface area contributed by atoms with Crippen molar-refractivity contribution < 1.29 is 43.1 Å². The van der Waals surface area contributed by atoms with Gasteiger partial charge >= 0.3 is 0 Å². The SMILES string of the molecule is CCC1CN2CCc3cc(OC)c(OC)cc3C2CC1CC1c2cc(OC)c(OC)cc2CCN1C(=O)C1=CC(c2cccc3c2Cc2ccccc2-3)CC(OCCOCCO)O1. The van der Waals surface area contributed by atoms with Gasteiger partial charge in [0, 0.05) is 38.0 Å². The minimum Gasteiger partial charge on any atom is -0.493 e. The molecule has 4 aromatic rings. The molecule has 4 aliphatic heterocycles. The summed E-state index contributed by atoms with van der Waals surface area (Å²) in [6, 6.07) is 23.7. The Balaban J connectivity index is 1.07. The number of aliphatic hydroxyl groups is 1. The highest BCUT2D eigenvalue weighted by Crippen LogP contribution is 2.50. The molecule has 1 amide bonds. The fourth-order valence-corrected chi connectivity index (χ4v) is 11.3. The van der Waals surface area contributed by atoms with Crippen molar-refractivity contribution in [2.24, 2.45) is 11.8 Å². The molecular formula is C52H62N2O9. The Morgan fingerprint density at radius 3 is 2.19 bits per heavy atom. The van der Waals surface area contributed by atoms with E-state index in [2.05, 4.69) is 89.5 Å². The smallest absolute Gasteiger partial charge is 0.289 e. The van der Waals surface area contributed by atoms with Gasteiger partial charge in [-0.3, -0.25) is 9.69 Å². The van der Waals surface area contributed by atoms with E-state index in [1.54, 1.807) is 28.4 Å². The molecule has 334 valence electrons. The van der Waals surface area contributed by atoms with Gasteiger partial charge in [-0.15, -0.1) is 0 Å². The average Bonchev–Trinajstić information content (AvgIpc) is 3.71. The van der Waals surface area contributed by atoms with Crippen molar-refractivity contribution in [1.82, 2.24) is 9.80 Å². The van der Waals surface area contributed by atoms with Gasteiger partial charge in [0.2, 0.25) is 6.29 Å². The van der Waals surface area contributed by atoms with Crippen molar-refractivity contribution >= 4 is 5.91 Å². The van der Waals surface area contributed by atoms with E-state index in [0.29, 0.717) is 55.1 Å². The van der Waals surface area contributed by atoms with E-state index in [0.717, 1.165) is 62.3 Å². The van der Waals surface area contributed by atoms with Crippen molar-refractivity contribution in [3.63, 3.8) is 0 Å². The first-order valence-corrected chi connectivity index (χ1v) is 22.8. The van der Waals surface area contributed by atoms with Crippen molar-refractivity contribution in [3.05, 3.63) is 118 Å². The van der Waals surface area contributed by atoms with Crippen LogP contribution in [-0.2, 0) is 38.3 Å². The number of carbonyl (C=O) groups excluding carboxylic acids is 1. The molecule has 6 atom stereocenters. The predicted molar refractivity (Wildman–Crippen MR) is 241 cm³/mol. The number of nitrogens with zero attached hydrogens (tertiary/aromatic N) is 2. The maximum absolute atomic E-state index is 15.5. The molecule has 63 heavy (non-hydrogen) atoms. The molecule has 0 saturated carbocycles. The van der Waals surface area contributed by atoms with Crippen molar-refractivity contribution in [3.8, 4) is 34.1 Å². The van der Waals surface area contributed by atoms with Crippen LogP contribution in [0, 0.1) is 11.8 Å². The second-order valence-corrected chi connectivity index (χ2v) is 17.6. The first-order chi connectivity index (χ1) is 30.9. The standard InChI is InChI=1S/C52H62N2O9/c1-6-32-31-53-16-14-34-25-46(57-2)48(59-4)29-41(34)44(53)23-36(32)24-45-42-30-49(60-5)47(58-3)26-35(42)15-17-54(45)52(56)50-27-37(28-51(63-50)62-21-20-61-19-18-55)39-12-9-13-40-38-11-8-7-10-33(38)22-43(39)40/h7-13,25-27,29-30,32,36-37,44-45,51,55H,6,14-24,28,31H2,1-5H3. The van der Waals surface area contributed by atoms with Crippen LogP contribution >= 0.6 is 0 Å². The van der Waals surface area contributed by atoms with Crippen LogP contribution in [0.3, 0.4) is 0 Å². The summed E-state index contributed by atoms with van der Waals surface area (Å²) in [5.74, 6) is 3.74. The molecule has 0 spiro atoms. The number of benzene rings is 4. The molecular weight excluding hydrogens is 797 g/mol.